The average molecular weight is 344 g/mol. The molecule has 6 nitrogen and oxygen atoms in total. The van der Waals surface area contributed by atoms with Crippen LogP contribution in [-0.4, -0.2) is 29.6 Å². The number of hydrogen-bond donors (Lipinski definition) is 2. The van der Waals surface area contributed by atoms with Crippen LogP contribution in [0.25, 0.3) is 10.8 Å². The molecule has 22 heavy (non-hydrogen) atoms. The predicted octanol–water partition coefficient (Wildman–Crippen LogP) is 1.95. The summed E-state index contributed by atoms with van der Waals surface area (Å²) in [7, 11) is 0. The van der Waals surface area contributed by atoms with Crippen molar-refractivity contribution >= 4 is 29.7 Å². The van der Waals surface area contributed by atoms with Crippen molar-refractivity contribution in [1.29, 1.82) is 0 Å². The highest BCUT2D eigenvalue weighted by molar-refractivity contribution is 7.13. The number of oxazole rings is 1. The normalized spacial score (nSPS) is 16.8. The van der Waals surface area contributed by atoms with Crippen molar-refractivity contribution in [2.24, 2.45) is 5.73 Å². The Morgan fingerprint density at radius 2 is 2.23 bits per heavy atom. The molecule has 0 unspecified atom stereocenters. The first kappa shape index (κ1) is 17.0. The van der Waals surface area contributed by atoms with Gasteiger partial charge < -0.3 is 20.2 Å². The predicted molar refractivity (Wildman–Crippen MR) is 85.9 cm³/mol. The highest BCUT2D eigenvalue weighted by atomic mass is 35.5. The van der Waals surface area contributed by atoms with E-state index < -0.39 is 5.54 Å². The summed E-state index contributed by atoms with van der Waals surface area (Å²) in [5, 5.41) is 4.79. The molecule has 3 rings (SSSR count). The first-order valence-electron chi connectivity index (χ1n) is 6.81. The lowest BCUT2D eigenvalue weighted by Crippen LogP contribution is -2.56. The first-order valence-corrected chi connectivity index (χ1v) is 7.68. The molecular weight excluding hydrogens is 326 g/mol. The largest absolute Gasteiger partial charge is 0.443 e. The van der Waals surface area contributed by atoms with E-state index in [1.165, 1.54) is 0 Å². The number of nitrogens with two attached hydrogens (primary N) is 1. The van der Waals surface area contributed by atoms with E-state index in [-0.39, 0.29) is 18.3 Å². The van der Waals surface area contributed by atoms with Crippen molar-refractivity contribution in [3.05, 3.63) is 29.5 Å². The second kappa shape index (κ2) is 7.23. The van der Waals surface area contributed by atoms with Gasteiger partial charge in [0, 0.05) is 13.2 Å². The van der Waals surface area contributed by atoms with E-state index in [0.29, 0.717) is 44.2 Å². The van der Waals surface area contributed by atoms with Crippen molar-refractivity contribution in [2.75, 3.05) is 13.2 Å². The van der Waals surface area contributed by atoms with Gasteiger partial charge in [-0.25, -0.2) is 4.98 Å². The van der Waals surface area contributed by atoms with Gasteiger partial charge in [-0.3, -0.25) is 4.79 Å². The fourth-order valence-corrected chi connectivity index (χ4v) is 2.87. The highest BCUT2D eigenvalue weighted by Gasteiger charge is 2.35. The molecule has 0 saturated carbocycles. The summed E-state index contributed by atoms with van der Waals surface area (Å²) in [4.78, 5) is 17.5. The molecule has 0 spiro atoms. The number of carbonyl (C=O) groups excluding carboxylic acids is 1. The van der Waals surface area contributed by atoms with Crippen LogP contribution in [0.2, 0.25) is 0 Å². The summed E-state index contributed by atoms with van der Waals surface area (Å²) in [5.74, 6) is 0.411. The second-order valence-electron chi connectivity index (χ2n) is 5.07. The molecule has 1 aliphatic heterocycles. The molecule has 0 aromatic carbocycles. The molecule has 8 heteroatoms. The Morgan fingerprint density at radius 3 is 2.91 bits per heavy atom. The van der Waals surface area contributed by atoms with E-state index in [9.17, 15) is 4.79 Å². The molecule has 1 aliphatic rings. The minimum Gasteiger partial charge on any atom is -0.443 e. The van der Waals surface area contributed by atoms with Gasteiger partial charge in [0.2, 0.25) is 11.8 Å². The van der Waals surface area contributed by atoms with E-state index in [1.807, 2.05) is 17.5 Å². The summed E-state index contributed by atoms with van der Waals surface area (Å²) in [6.07, 6.45) is 2.64. The lowest BCUT2D eigenvalue weighted by atomic mass is 9.90. The van der Waals surface area contributed by atoms with Gasteiger partial charge in [-0.05, 0) is 24.3 Å². The molecular formula is C14H18ClN3O3S. The van der Waals surface area contributed by atoms with Gasteiger partial charge in [-0.1, -0.05) is 6.07 Å². The van der Waals surface area contributed by atoms with Crippen molar-refractivity contribution in [2.45, 2.75) is 24.9 Å². The Balaban J connectivity index is 0.00000176. The van der Waals surface area contributed by atoms with Crippen LogP contribution in [0.4, 0.5) is 0 Å². The van der Waals surface area contributed by atoms with Crippen LogP contribution >= 0.6 is 23.7 Å². The molecule has 3 heterocycles. The molecule has 0 atom stereocenters. The van der Waals surface area contributed by atoms with E-state index in [2.05, 4.69) is 10.3 Å². The van der Waals surface area contributed by atoms with Crippen molar-refractivity contribution in [1.82, 2.24) is 10.3 Å². The maximum Gasteiger partial charge on any atom is 0.240 e. The Bertz CT molecular complexity index is 609. The molecule has 1 fully saturated rings. The fourth-order valence-electron chi connectivity index (χ4n) is 2.21. The van der Waals surface area contributed by atoms with Gasteiger partial charge in [-0.2, -0.15) is 0 Å². The standard InChI is InChI=1S/C14H17N3O3S.ClH/c15-14(3-5-19-6-4-14)13(18)16-8-10-9-20-12(17-10)11-2-1-7-21-11;/h1-2,7,9H,3-6,8,15H2,(H,16,18);1H. The number of ether oxygens (including phenoxy) is 1. The molecule has 1 saturated heterocycles. The summed E-state index contributed by atoms with van der Waals surface area (Å²) in [5.41, 5.74) is 5.96. The summed E-state index contributed by atoms with van der Waals surface area (Å²) >= 11 is 1.56. The third-order valence-electron chi connectivity index (χ3n) is 3.55. The molecule has 0 radical (unpaired) electrons. The number of carbonyl (C=O) groups is 1. The van der Waals surface area contributed by atoms with E-state index in [0.717, 1.165) is 4.88 Å². The van der Waals surface area contributed by atoms with Gasteiger partial charge in [0.15, 0.2) is 0 Å². The van der Waals surface area contributed by atoms with Gasteiger partial charge in [0.05, 0.1) is 22.7 Å². The SMILES string of the molecule is Cl.NC1(C(=O)NCc2coc(-c3cccs3)n2)CCOCC1. The molecule has 2 aromatic rings. The number of hydrogen-bond acceptors (Lipinski definition) is 6. The first-order chi connectivity index (χ1) is 10.2. The third kappa shape index (κ3) is 3.67. The zero-order valence-corrected chi connectivity index (χ0v) is 13.5. The Morgan fingerprint density at radius 1 is 1.45 bits per heavy atom. The molecule has 2 aromatic heterocycles. The topological polar surface area (TPSA) is 90.4 Å². The second-order valence-corrected chi connectivity index (χ2v) is 6.02. The van der Waals surface area contributed by atoms with E-state index >= 15 is 0 Å². The number of thiophene rings is 1. The number of nitrogens with zero attached hydrogens (tertiary/aromatic N) is 1. The quantitative estimate of drug-likeness (QED) is 0.885. The lowest BCUT2D eigenvalue weighted by Gasteiger charge is -2.31. The smallest absolute Gasteiger partial charge is 0.240 e. The molecule has 0 aliphatic carbocycles. The summed E-state index contributed by atoms with van der Waals surface area (Å²) in [6.45, 7) is 1.36. The van der Waals surface area contributed by atoms with Crippen LogP contribution in [0.3, 0.4) is 0 Å². The number of nitrogens with one attached hydrogen (secondary N) is 1. The number of rotatable bonds is 4. The summed E-state index contributed by atoms with van der Waals surface area (Å²) < 4.78 is 10.6. The minimum atomic E-state index is -0.835. The van der Waals surface area contributed by atoms with Crippen LogP contribution in [0.15, 0.2) is 28.2 Å². The van der Waals surface area contributed by atoms with E-state index in [4.69, 9.17) is 14.9 Å². The Hall–Kier alpha value is -1.41. The van der Waals surface area contributed by atoms with Crippen LogP contribution in [0.5, 0.6) is 0 Å². The monoisotopic (exact) mass is 343 g/mol. The lowest BCUT2D eigenvalue weighted by molar-refractivity contribution is -0.129. The van der Waals surface area contributed by atoms with E-state index in [1.54, 1.807) is 17.6 Å². The Kier molecular flexibility index (Phi) is 5.57. The Labute approximate surface area is 138 Å². The van der Waals surface area contributed by atoms with Crippen LogP contribution < -0.4 is 11.1 Å². The fraction of sp³-hybridized carbons (Fsp3) is 0.429. The van der Waals surface area contributed by atoms with Crippen LogP contribution in [-0.2, 0) is 16.1 Å². The minimum absolute atomic E-state index is 0. The molecule has 1 amide bonds. The number of aromatic nitrogens is 1. The van der Waals surface area contributed by atoms with Gasteiger partial charge in [-0.15, -0.1) is 23.7 Å². The third-order valence-corrected chi connectivity index (χ3v) is 4.41. The highest BCUT2D eigenvalue weighted by Crippen LogP contribution is 2.23. The van der Waals surface area contributed by atoms with Crippen LogP contribution in [0.1, 0.15) is 18.5 Å². The zero-order valence-electron chi connectivity index (χ0n) is 11.9. The van der Waals surface area contributed by atoms with Gasteiger partial charge in [0.1, 0.15) is 6.26 Å². The number of halogens is 1. The average Bonchev–Trinajstić information content (AvgIpc) is 3.16. The molecule has 120 valence electrons. The van der Waals surface area contributed by atoms with Crippen molar-refractivity contribution < 1.29 is 13.9 Å². The summed E-state index contributed by atoms with van der Waals surface area (Å²) in [6, 6.07) is 3.88. The number of amides is 1. The van der Waals surface area contributed by atoms with Gasteiger partial charge in [0.25, 0.3) is 0 Å². The molecule has 3 N–H and O–H groups in total. The van der Waals surface area contributed by atoms with Crippen molar-refractivity contribution in [3.63, 3.8) is 0 Å². The van der Waals surface area contributed by atoms with Crippen molar-refractivity contribution in [3.8, 4) is 10.8 Å². The van der Waals surface area contributed by atoms with Crippen LogP contribution in [0, 0.1) is 0 Å². The van der Waals surface area contributed by atoms with Gasteiger partial charge >= 0.3 is 0 Å². The maximum absolute atomic E-state index is 12.2. The molecule has 0 bridgehead atoms. The zero-order chi connectivity index (χ0) is 14.7. The maximum atomic E-state index is 12.2.